The van der Waals surface area contributed by atoms with Gasteiger partial charge in [-0.3, -0.25) is 23.6 Å². The Morgan fingerprint density at radius 2 is 1.75 bits per heavy atom. The molecule has 1 aromatic carbocycles. The second kappa shape index (κ2) is 7.55. The fourth-order valence-corrected chi connectivity index (χ4v) is 3.36. The molecule has 148 valence electrons. The molecule has 0 unspecified atom stereocenters. The predicted molar refractivity (Wildman–Crippen MR) is 107 cm³/mol. The highest BCUT2D eigenvalue weighted by Crippen LogP contribution is 2.20. The van der Waals surface area contributed by atoms with Crippen molar-refractivity contribution in [3.8, 4) is 0 Å². The van der Waals surface area contributed by atoms with Crippen molar-refractivity contribution in [2.75, 3.05) is 7.05 Å². The summed E-state index contributed by atoms with van der Waals surface area (Å²) in [4.78, 5) is 43.9. The third-order valence-electron chi connectivity index (χ3n) is 5.05. The maximum absolute atomic E-state index is 12.8. The summed E-state index contributed by atoms with van der Waals surface area (Å²) in [5.41, 5.74) is 0.827. The number of imidazole rings is 1. The minimum atomic E-state index is -0.560. The van der Waals surface area contributed by atoms with Gasteiger partial charge in [0.15, 0.2) is 16.9 Å². The van der Waals surface area contributed by atoms with Crippen LogP contribution in [0.4, 0.5) is 0 Å². The minimum absolute atomic E-state index is 0.0813. The fraction of sp³-hybridized carbons (Fsp3) is 0.400. The van der Waals surface area contributed by atoms with Crippen molar-refractivity contribution in [2.45, 2.75) is 33.0 Å². The number of nitrogens with zero attached hydrogens (tertiary/aromatic N) is 5. The highest BCUT2D eigenvalue weighted by Gasteiger charge is 2.24. The lowest BCUT2D eigenvalue weighted by molar-refractivity contribution is -0.119. The molecular weight excluding hydrogens is 358 g/mol. The lowest BCUT2D eigenvalue weighted by Crippen LogP contribution is -2.38. The van der Waals surface area contributed by atoms with Crippen molar-refractivity contribution in [2.24, 2.45) is 14.1 Å². The average molecular weight is 383 g/mol. The molecule has 8 heteroatoms. The van der Waals surface area contributed by atoms with Crippen LogP contribution in [-0.4, -0.2) is 36.4 Å². The van der Waals surface area contributed by atoms with Crippen LogP contribution >= 0.6 is 0 Å². The number of benzene rings is 1. The van der Waals surface area contributed by atoms with Gasteiger partial charge in [0.2, 0.25) is 0 Å². The van der Waals surface area contributed by atoms with Crippen LogP contribution in [0.25, 0.3) is 11.2 Å². The van der Waals surface area contributed by atoms with E-state index in [2.05, 4.69) is 9.88 Å². The molecule has 0 bridgehead atoms. The molecular formula is C20H25N5O3. The first-order valence-corrected chi connectivity index (χ1v) is 9.12. The van der Waals surface area contributed by atoms with Gasteiger partial charge in [-0.25, -0.2) is 9.78 Å². The first kappa shape index (κ1) is 19.8. The molecule has 3 aromatic rings. The second-order valence-corrected chi connectivity index (χ2v) is 7.22. The number of fused-ring (bicyclic) bond motifs is 1. The van der Waals surface area contributed by atoms with Gasteiger partial charge < -0.3 is 4.57 Å². The minimum Gasteiger partial charge on any atom is -0.311 e. The Morgan fingerprint density at radius 1 is 1.11 bits per heavy atom. The van der Waals surface area contributed by atoms with Crippen LogP contribution in [0.15, 0.2) is 39.9 Å². The van der Waals surface area contributed by atoms with Gasteiger partial charge in [0.1, 0.15) is 5.82 Å². The Balaban J connectivity index is 2.13. The molecule has 0 aliphatic rings. The quantitative estimate of drug-likeness (QED) is 0.639. The van der Waals surface area contributed by atoms with Crippen LogP contribution in [0.1, 0.15) is 31.3 Å². The number of aromatic nitrogens is 4. The third kappa shape index (κ3) is 3.43. The molecule has 2 heterocycles. The van der Waals surface area contributed by atoms with Crippen molar-refractivity contribution in [1.82, 2.24) is 23.6 Å². The summed E-state index contributed by atoms with van der Waals surface area (Å²) in [6.45, 7) is 4.35. The molecule has 0 spiro atoms. The van der Waals surface area contributed by atoms with E-state index in [4.69, 9.17) is 0 Å². The van der Waals surface area contributed by atoms with Gasteiger partial charge in [0.25, 0.3) is 5.56 Å². The van der Waals surface area contributed by atoms with Crippen LogP contribution in [0.3, 0.4) is 0 Å². The van der Waals surface area contributed by atoms with E-state index in [1.807, 2.05) is 37.4 Å². The molecule has 1 atom stereocenters. The van der Waals surface area contributed by atoms with Crippen LogP contribution in [0, 0.1) is 0 Å². The van der Waals surface area contributed by atoms with E-state index < -0.39 is 17.3 Å². The topological polar surface area (TPSA) is 82.1 Å². The summed E-state index contributed by atoms with van der Waals surface area (Å²) in [7, 11) is 4.96. The van der Waals surface area contributed by atoms with Crippen LogP contribution < -0.4 is 11.2 Å². The first-order valence-electron chi connectivity index (χ1n) is 9.12. The predicted octanol–water partition coefficient (Wildman–Crippen LogP) is 1.22. The van der Waals surface area contributed by atoms with Gasteiger partial charge in [-0.05, 0) is 26.5 Å². The van der Waals surface area contributed by atoms with E-state index in [0.717, 1.165) is 10.1 Å². The number of ketones is 1. The van der Waals surface area contributed by atoms with E-state index in [-0.39, 0.29) is 11.3 Å². The lowest BCUT2D eigenvalue weighted by Gasteiger charge is -2.19. The van der Waals surface area contributed by atoms with E-state index in [9.17, 15) is 14.4 Å². The van der Waals surface area contributed by atoms with E-state index in [1.165, 1.54) is 18.5 Å². The number of rotatable bonds is 6. The number of hydrogen-bond acceptors (Lipinski definition) is 5. The van der Waals surface area contributed by atoms with Crippen molar-refractivity contribution in [3.63, 3.8) is 0 Å². The van der Waals surface area contributed by atoms with Gasteiger partial charge in [-0.2, -0.15) is 0 Å². The molecule has 2 aromatic heterocycles. The Hall–Kier alpha value is -3.00. The Kier molecular flexibility index (Phi) is 5.33. The average Bonchev–Trinajstić information content (AvgIpc) is 3.03. The SMILES string of the molecule is CC(=O)[C@@H](C)n1c(CN(C)Cc2ccccc2)nc2c1c(=O)n(C)c(=O)n2C. The molecule has 0 N–H and O–H groups in total. The summed E-state index contributed by atoms with van der Waals surface area (Å²) < 4.78 is 4.06. The summed E-state index contributed by atoms with van der Waals surface area (Å²) >= 11 is 0. The van der Waals surface area contributed by atoms with Gasteiger partial charge in [0, 0.05) is 20.6 Å². The van der Waals surface area contributed by atoms with Gasteiger partial charge in [0.05, 0.1) is 12.6 Å². The maximum atomic E-state index is 12.8. The molecule has 0 aliphatic carbocycles. The number of carbonyl (C=O) groups excluding carboxylic acids is 1. The van der Waals surface area contributed by atoms with Gasteiger partial charge in [-0.1, -0.05) is 30.3 Å². The molecule has 3 rings (SSSR count). The number of Topliss-reactive ketones (excluding diaryl/α,β-unsaturated/α-hetero) is 1. The molecule has 0 radical (unpaired) electrons. The second-order valence-electron chi connectivity index (χ2n) is 7.22. The van der Waals surface area contributed by atoms with E-state index in [0.29, 0.717) is 24.6 Å². The van der Waals surface area contributed by atoms with E-state index in [1.54, 1.807) is 18.5 Å². The summed E-state index contributed by atoms with van der Waals surface area (Å²) in [6, 6.07) is 9.45. The van der Waals surface area contributed by atoms with Crippen LogP contribution in [0.2, 0.25) is 0 Å². The summed E-state index contributed by atoms with van der Waals surface area (Å²) in [6.07, 6.45) is 0. The smallest absolute Gasteiger partial charge is 0.311 e. The number of hydrogen-bond donors (Lipinski definition) is 0. The molecule has 0 saturated carbocycles. The number of carbonyl (C=O) groups is 1. The summed E-state index contributed by atoms with van der Waals surface area (Å²) in [5, 5.41) is 0. The standard InChI is InChI=1S/C20H25N5O3/c1-13(14(2)26)25-16(12-22(3)11-15-9-7-6-8-10-15)21-18-17(25)19(27)24(5)20(28)23(18)4/h6-10,13H,11-12H2,1-5H3/t13-/m1/s1. The molecule has 0 aliphatic heterocycles. The van der Waals surface area contributed by atoms with Crippen molar-refractivity contribution < 1.29 is 4.79 Å². The zero-order valence-corrected chi connectivity index (χ0v) is 16.8. The normalized spacial score (nSPS) is 12.6. The van der Waals surface area contributed by atoms with Gasteiger partial charge >= 0.3 is 5.69 Å². The van der Waals surface area contributed by atoms with Crippen molar-refractivity contribution in [3.05, 3.63) is 62.6 Å². The fourth-order valence-electron chi connectivity index (χ4n) is 3.36. The Labute approximate surface area is 162 Å². The summed E-state index contributed by atoms with van der Waals surface area (Å²) in [5.74, 6) is 0.497. The molecule has 0 saturated heterocycles. The zero-order chi connectivity index (χ0) is 20.6. The maximum Gasteiger partial charge on any atom is 0.332 e. The first-order chi connectivity index (χ1) is 13.2. The van der Waals surface area contributed by atoms with Crippen molar-refractivity contribution >= 4 is 16.9 Å². The van der Waals surface area contributed by atoms with Crippen molar-refractivity contribution in [1.29, 1.82) is 0 Å². The highest BCUT2D eigenvalue weighted by atomic mass is 16.2. The van der Waals surface area contributed by atoms with Crippen LogP contribution in [0.5, 0.6) is 0 Å². The molecule has 8 nitrogen and oxygen atoms in total. The molecule has 0 amide bonds. The monoisotopic (exact) mass is 383 g/mol. The highest BCUT2D eigenvalue weighted by molar-refractivity contribution is 5.82. The number of aryl methyl sites for hydroxylation is 1. The third-order valence-corrected chi connectivity index (χ3v) is 5.05. The largest absolute Gasteiger partial charge is 0.332 e. The Bertz CT molecular complexity index is 1140. The molecule has 28 heavy (non-hydrogen) atoms. The van der Waals surface area contributed by atoms with Crippen LogP contribution in [-0.2, 0) is 32.0 Å². The van der Waals surface area contributed by atoms with E-state index >= 15 is 0 Å². The lowest BCUT2D eigenvalue weighted by atomic mass is 10.2. The zero-order valence-electron chi connectivity index (χ0n) is 16.8. The Morgan fingerprint density at radius 3 is 2.36 bits per heavy atom. The van der Waals surface area contributed by atoms with Gasteiger partial charge in [-0.15, -0.1) is 0 Å². The molecule has 0 fully saturated rings.